The highest BCUT2D eigenvalue weighted by Crippen LogP contribution is 2.34. The van der Waals surface area contributed by atoms with Crippen LogP contribution in [0.2, 0.25) is 0 Å². The van der Waals surface area contributed by atoms with Crippen molar-refractivity contribution in [3.63, 3.8) is 0 Å². The van der Waals surface area contributed by atoms with E-state index < -0.39 is 16.8 Å². The van der Waals surface area contributed by atoms with E-state index in [1.165, 1.54) is 12.1 Å². The van der Waals surface area contributed by atoms with Crippen molar-refractivity contribution < 1.29 is 19.1 Å². The minimum Gasteiger partial charge on any atom is -0.481 e. The molecule has 0 saturated carbocycles. The van der Waals surface area contributed by atoms with Crippen molar-refractivity contribution >= 4 is 11.9 Å². The number of carboxylic acids is 1. The normalized spacial score (nSPS) is 22.4. The lowest BCUT2D eigenvalue weighted by Crippen LogP contribution is -2.44. The smallest absolute Gasteiger partial charge is 0.311 e. The number of amides is 1. The highest BCUT2D eigenvalue weighted by molar-refractivity contribution is 5.88. The Morgan fingerprint density at radius 3 is 2.57 bits per heavy atom. The Bertz CT molecular complexity index is 585. The second-order valence-electron chi connectivity index (χ2n) is 6.48. The lowest BCUT2D eigenvalue weighted by atomic mass is 9.83. The maximum Gasteiger partial charge on any atom is 0.311 e. The van der Waals surface area contributed by atoms with Gasteiger partial charge in [-0.2, -0.15) is 0 Å². The average Bonchev–Trinajstić information content (AvgIpc) is 2.82. The number of aliphatic carboxylic acids is 1. The summed E-state index contributed by atoms with van der Waals surface area (Å²) in [6.45, 7) is 5.74. The maximum absolute atomic E-state index is 13.4. The molecule has 0 bridgehead atoms. The third kappa shape index (κ3) is 2.77. The molecule has 0 radical (unpaired) electrons. The lowest BCUT2D eigenvalue weighted by Gasteiger charge is -2.30. The van der Waals surface area contributed by atoms with Crippen molar-refractivity contribution in [3.05, 3.63) is 35.6 Å². The van der Waals surface area contributed by atoms with E-state index in [9.17, 15) is 19.1 Å². The fraction of sp³-hybridized carbons (Fsp3) is 0.500. The molecular formula is C16H20FNO3. The highest BCUT2D eigenvalue weighted by atomic mass is 19.1. The third-order valence-corrected chi connectivity index (χ3v) is 4.36. The fourth-order valence-electron chi connectivity index (χ4n) is 2.70. The number of hydrogen-bond donors (Lipinski definition) is 1. The first-order valence-electron chi connectivity index (χ1n) is 6.96. The second-order valence-corrected chi connectivity index (χ2v) is 6.48. The number of carbonyl (C=O) groups excluding carboxylic acids is 1. The van der Waals surface area contributed by atoms with Crippen molar-refractivity contribution in [2.75, 3.05) is 13.1 Å². The van der Waals surface area contributed by atoms with Crippen molar-refractivity contribution in [1.82, 2.24) is 4.90 Å². The molecule has 2 rings (SSSR count). The Kier molecular flexibility index (Phi) is 3.78. The quantitative estimate of drug-likeness (QED) is 0.931. The van der Waals surface area contributed by atoms with Gasteiger partial charge in [-0.15, -0.1) is 0 Å². The van der Waals surface area contributed by atoms with Crippen molar-refractivity contribution in [3.8, 4) is 0 Å². The van der Waals surface area contributed by atoms with Gasteiger partial charge < -0.3 is 10.0 Å². The molecule has 1 aromatic carbocycles. The number of carboxylic acid groups (broad SMARTS) is 1. The number of halogens is 1. The molecule has 1 aliphatic heterocycles. The lowest BCUT2D eigenvalue weighted by molar-refractivity contribution is -0.147. The first kappa shape index (κ1) is 15.5. The van der Waals surface area contributed by atoms with Crippen molar-refractivity contribution in [2.45, 2.75) is 32.6 Å². The third-order valence-electron chi connectivity index (χ3n) is 4.36. The van der Waals surface area contributed by atoms with Crippen LogP contribution < -0.4 is 0 Å². The Hall–Kier alpha value is -1.91. The van der Waals surface area contributed by atoms with Crippen molar-refractivity contribution in [1.29, 1.82) is 0 Å². The molecule has 21 heavy (non-hydrogen) atoms. The molecule has 1 heterocycles. The largest absolute Gasteiger partial charge is 0.481 e. The predicted molar refractivity (Wildman–Crippen MR) is 76.4 cm³/mol. The monoisotopic (exact) mass is 293 g/mol. The van der Waals surface area contributed by atoms with Gasteiger partial charge in [0.2, 0.25) is 5.91 Å². The molecule has 1 aromatic rings. The van der Waals surface area contributed by atoms with Crippen LogP contribution in [-0.2, 0) is 15.0 Å². The summed E-state index contributed by atoms with van der Waals surface area (Å²) in [7, 11) is 0. The number of rotatable bonds is 3. The molecule has 1 aliphatic rings. The van der Waals surface area contributed by atoms with E-state index in [0.717, 1.165) is 0 Å². The molecule has 4 nitrogen and oxygen atoms in total. The highest BCUT2D eigenvalue weighted by Gasteiger charge is 2.45. The van der Waals surface area contributed by atoms with Crippen LogP contribution in [-0.4, -0.2) is 35.0 Å². The first-order chi connectivity index (χ1) is 9.67. The molecule has 0 aliphatic carbocycles. The molecule has 1 fully saturated rings. The molecular weight excluding hydrogens is 273 g/mol. The minimum absolute atomic E-state index is 0.168. The molecule has 114 valence electrons. The molecule has 1 unspecified atom stereocenters. The Morgan fingerprint density at radius 1 is 1.38 bits per heavy atom. The van der Waals surface area contributed by atoms with Crippen molar-refractivity contribution in [2.24, 2.45) is 5.41 Å². The summed E-state index contributed by atoms with van der Waals surface area (Å²) in [6, 6.07) is 5.98. The van der Waals surface area contributed by atoms with Crippen LogP contribution >= 0.6 is 0 Å². The van der Waals surface area contributed by atoms with Crippen LogP contribution in [0.4, 0.5) is 4.39 Å². The van der Waals surface area contributed by atoms with Crippen LogP contribution in [0.25, 0.3) is 0 Å². The zero-order valence-electron chi connectivity index (χ0n) is 12.5. The van der Waals surface area contributed by atoms with Crippen LogP contribution in [0, 0.1) is 11.2 Å². The van der Waals surface area contributed by atoms with Crippen LogP contribution in [0.5, 0.6) is 0 Å². The number of benzene rings is 1. The van der Waals surface area contributed by atoms with Gasteiger partial charge in [0.1, 0.15) is 5.82 Å². The van der Waals surface area contributed by atoms with Gasteiger partial charge in [-0.1, -0.05) is 12.1 Å². The van der Waals surface area contributed by atoms with Gasteiger partial charge in [0.05, 0.1) is 10.8 Å². The summed E-state index contributed by atoms with van der Waals surface area (Å²) in [5, 5.41) is 9.24. The zero-order chi connectivity index (χ0) is 15.8. The van der Waals surface area contributed by atoms with E-state index in [0.29, 0.717) is 18.5 Å². The standard InChI is InChI=1S/C16H20FNO3/c1-15(2,11-5-4-6-12(17)9-11)13(19)18-8-7-16(3,10-18)14(20)21/h4-6,9H,7-8,10H2,1-3H3,(H,20,21). The summed E-state index contributed by atoms with van der Waals surface area (Å²) in [4.78, 5) is 25.5. The molecule has 1 saturated heterocycles. The minimum atomic E-state index is -0.895. The number of carbonyl (C=O) groups is 2. The Labute approximate surface area is 123 Å². The summed E-state index contributed by atoms with van der Waals surface area (Å²) >= 11 is 0. The summed E-state index contributed by atoms with van der Waals surface area (Å²) < 4.78 is 13.4. The van der Waals surface area contributed by atoms with E-state index in [2.05, 4.69) is 0 Å². The summed E-state index contributed by atoms with van der Waals surface area (Å²) in [6.07, 6.45) is 0.438. The van der Waals surface area contributed by atoms with E-state index in [1.54, 1.807) is 37.8 Å². The number of hydrogen-bond acceptors (Lipinski definition) is 2. The molecule has 5 heteroatoms. The SMILES string of the molecule is CC1(C(=O)O)CCN(C(=O)C(C)(C)c2cccc(F)c2)C1. The molecule has 0 aromatic heterocycles. The van der Waals surface area contributed by atoms with Gasteiger partial charge >= 0.3 is 5.97 Å². The first-order valence-corrected chi connectivity index (χ1v) is 6.96. The van der Waals surface area contributed by atoms with E-state index in [4.69, 9.17) is 0 Å². The van der Waals surface area contributed by atoms with Gasteiger partial charge in [-0.25, -0.2) is 4.39 Å². The Morgan fingerprint density at radius 2 is 2.05 bits per heavy atom. The number of likely N-dealkylation sites (tertiary alicyclic amines) is 1. The van der Waals surface area contributed by atoms with Gasteiger partial charge in [-0.3, -0.25) is 9.59 Å². The molecule has 1 atom stereocenters. The molecule has 1 N–H and O–H groups in total. The predicted octanol–water partition coefficient (Wildman–Crippen LogP) is 2.43. The Balaban J connectivity index is 2.22. The van der Waals surface area contributed by atoms with Gasteiger partial charge in [0.15, 0.2) is 0 Å². The zero-order valence-corrected chi connectivity index (χ0v) is 12.5. The fourth-order valence-corrected chi connectivity index (χ4v) is 2.70. The summed E-state index contributed by atoms with van der Waals surface area (Å²) in [5.41, 5.74) is -1.18. The molecule has 0 spiro atoms. The van der Waals surface area contributed by atoms with Crippen LogP contribution in [0.1, 0.15) is 32.8 Å². The van der Waals surface area contributed by atoms with E-state index in [-0.39, 0.29) is 18.3 Å². The van der Waals surface area contributed by atoms with Crippen LogP contribution in [0.15, 0.2) is 24.3 Å². The average molecular weight is 293 g/mol. The van der Waals surface area contributed by atoms with E-state index >= 15 is 0 Å². The van der Waals surface area contributed by atoms with E-state index in [1.807, 2.05) is 0 Å². The van der Waals surface area contributed by atoms with Crippen LogP contribution in [0.3, 0.4) is 0 Å². The maximum atomic E-state index is 13.4. The van der Waals surface area contributed by atoms with Gasteiger partial charge in [-0.05, 0) is 44.9 Å². The van der Waals surface area contributed by atoms with Gasteiger partial charge in [0.25, 0.3) is 0 Å². The summed E-state index contributed by atoms with van der Waals surface area (Å²) in [5.74, 6) is -1.44. The topological polar surface area (TPSA) is 57.6 Å². The second kappa shape index (κ2) is 5.13. The van der Waals surface area contributed by atoms with Gasteiger partial charge in [0, 0.05) is 13.1 Å². The molecule has 1 amide bonds. The number of nitrogens with zero attached hydrogens (tertiary/aromatic N) is 1.